The number of hydrogen-bond donors (Lipinski definition) is 1. The molecule has 1 aromatic carbocycles. The Morgan fingerprint density at radius 1 is 1.28 bits per heavy atom. The second kappa shape index (κ2) is 8.65. The SMILES string of the molecule is COC(=O)[C@@H](NC(=O)C[C@@H]1CCC(=O)N1Cc1ccccc1)C(C)C. The Bertz CT molecular complexity index is 615. The molecule has 0 unspecified atom stereocenters. The summed E-state index contributed by atoms with van der Waals surface area (Å²) in [7, 11) is 1.31. The van der Waals surface area contributed by atoms with Crippen LogP contribution in [0.3, 0.4) is 0 Å². The number of carbonyl (C=O) groups is 3. The lowest BCUT2D eigenvalue weighted by molar-refractivity contribution is -0.146. The number of nitrogens with zero attached hydrogens (tertiary/aromatic N) is 1. The number of likely N-dealkylation sites (tertiary alicyclic amines) is 1. The van der Waals surface area contributed by atoms with E-state index in [1.807, 2.05) is 44.2 Å². The molecule has 2 atom stereocenters. The number of nitrogens with one attached hydrogen (secondary N) is 1. The monoisotopic (exact) mass is 346 g/mol. The highest BCUT2D eigenvalue weighted by molar-refractivity contribution is 5.86. The highest BCUT2D eigenvalue weighted by Gasteiger charge is 2.33. The van der Waals surface area contributed by atoms with Gasteiger partial charge in [-0.2, -0.15) is 0 Å². The molecule has 1 aliphatic heterocycles. The van der Waals surface area contributed by atoms with Crippen molar-refractivity contribution in [2.45, 2.75) is 51.7 Å². The van der Waals surface area contributed by atoms with Gasteiger partial charge in [-0.15, -0.1) is 0 Å². The first kappa shape index (κ1) is 19.0. The Balaban J connectivity index is 1.98. The number of methoxy groups -OCH3 is 1. The molecule has 1 N–H and O–H groups in total. The van der Waals surface area contributed by atoms with Crippen LogP contribution >= 0.6 is 0 Å². The lowest BCUT2D eigenvalue weighted by Crippen LogP contribution is -2.46. The Kier molecular flexibility index (Phi) is 6.56. The fourth-order valence-electron chi connectivity index (χ4n) is 3.07. The predicted molar refractivity (Wildman–Crippen MR) is 93.4 cm³/mol. The summed E-state index contributed by atoms with van der Waals surface area (Å²) in [5, 5.41) is 2.74. The summed E-state index contributed by atoms with van der Waals surface area (Å²) in [4.78, 5) is 38.1. The minimum Gasteiger partial charge on any atom is -0.467 e. The maximum absolute atomic E-state index is 12.4. The molecule has 2 rings (SSSR count). The van der Waals surface area contributed by atoms with Gasteiger partial charge in [0.1, 0.15) is 6.04 Å². The molecule has 0 aliphatic carbocycles. The van der Waals surface area contributed by atoms with Gasteiger partial charge in [-0.05, 0) is 17.9 Å². The van der Waals surface area contributed by atoms with Gasteiger partial charge in [0, 0.05) is 25.4 Å². The average Bonchev–Trinajstić information content (AvgIpc) is 2.93. The topological polar surface area (TPSA) is 75.7 Å². The summed E-state index contributed by atoms with van der Waals surface area (Å²) in [5.41, 5.74) is 1.04. The van der Waals surface area contributed by atoms with Crippen molar-refractivity contribution < 1.29 is 19.1 Å². The maximum Gasteiger partial charge on any atom is 0.328 e. The first-order valence-electron chi connectivity index (χ1n) is 8.63. The summed E-state index contributed by atoms with van der Waals surface area (Å²) in [5.74, 6) is -0.689. The molecule has 1 aromatic rings. The standard InChI is InChI=1S/C19H26N2O4/c1-13(2)18(19(24)25-3)20-16(22)11-15-9-10-17(23)21(15)12-14-7-5-4-6-8-14/h4-8,13,15,18H,9-12H2,1-3H3,(H,20,22)/t15-,18-/m0/s1. The van der Waals surface area contributed by atoms with Gasteiger partial charge in [-0.25, -0.2) is 4.79 Å². The fourth-order valence-corrected chi connectivity index (χ4v) is 3.07. The molecular weight excluding hydrogens is 320 g/mol. The minimum atomic E-state index is -0.669. The van der Waals surface area contributed by atoms with Crippen LogP contribution in [0.2, 0.25) is 0 Å². The van der Waals surface area contributed by atoms with Crippen LogP contribution in [0.25, 0.3) is 0 Å². The molecule has 0 bridgehead atoms. The van der Waals surface area contributed by atoms with Crippen molar-refractivity contribution in [3.05, 3.63) is 35.9 Å². The van der Waals surface area contributed by atoms with E-state index in [-0.39, 0.29) is 30.2 Å². The van der Waals surface area contributed by atoms with E-state index < -0.39 is 12.0 Å². The normalized spacial score (nSPS) is 18.3. The molecule has 1 aliphatic rings. The van der Waals surface area contributed by atoms with Gasteiger partial charge in [0.15, 0.2) is 0 Å². The third kappa shape index (κ3) is 5.05. The van der Waals surface area contributed by atoms with E-state index in [1.54, 1.807) is 4.90 Å². The molecule has 6 heteroatoms. The van der Waals surface area contributed by atoms with Gasteiger partial charge in [0.2, 0.25) is 11.8 Å². The van der Waals surface area contributed by atoms with E-state index in [0.29, 0.717) is 19.4 Å². The molecule has 2 amide bonds. The molecule has 1 fully saturated rings. The summed E-state index contributed by atoms with van der Waals surface area (Å²) in [6.45, 7) is 4.20. The summed E-state index contributed by atoms with van der Waals surface area (Å²) in [6.07, 6.45) is 1.30. The zero-order chi connectivity index (χ0) is 18.4. The van der Waals surface area contributed by atoms with Gasteiger partial charge in [-0.3, -0.25) is 9.59 Å². The Hall–Kier alpha value is -2.37. The van der Waals surface area contributed by atoms with Crippen molar-refractivity contribution in [3.8, 4) is 0 Å². The van der Waals surface area contributed by atoms with E-state index in [2.05, 4.69) is 5.32 Å². The number of esters is 1. The van der Waals surface area contributed by atoms with Crippen LogP contribution in [-0.4, -0.2) is 41.9 Å². The van der Waals surface area contributed by atoms with Crippen LogP contribution in [0, 0.1) is 5.92 Å². The van der Waals surface area contributed by atoms with E-state index in [0.717, 1.165) is 5.56 Å². The van der Waals surface area contributed by atoms with Gasteiger partial charge in [0.05, 0.1) is 7.11 Å². The van der Waals surface area contributed by atoms with Crippen molar-refractivity contribution in [1.29, 1.82) is 0 Å². The first-order valence-corrected chi connectivity index (χ1v) is 8.63. The second-order valence-electron chi connectivity index (χ2n) is 6.72. The second-order valence-corrected chi connectivity index (χ2v) is 6.72. The van der Waals surface area contributed by atoms with Crippen LogP contribution in [0.15, 0.2) is 30.3 Å². The quantitative estimate of drug-likeness (QED) is 0.765. The molecule has 0 radical (unpaired) electrons. The third-order valence-electron chi connectivity index (χ3n) is 4.51. The molecule has 0 aromatic heterocycles. The lowest BCUT2D eigenvalue weighted by atomic mass is 10.0. The number of carbonyl (C=O) groups excluding carboxylic acids is 3. The number of benzene rings is 1. The molecule has 1 heterocycles. The lowest BCUT2D eigenvalue weighted by Gasteiger charge is -2.26. The fraction of sp³-hybridized carbons (Fsp3) is 0.526. The summed E-state index contributed by atoms with van der Waals surface area (Å²) < 4.78 is 4.74. The summed E-state index contributed by atoms with van der Waals surface area (Å²) >= 11 is 0. The maximum atomic E-state index is 12.4. The van der Waals surface area contributed by atoms with Crippen molar-refractivity contribution in [1.82, 2.24) is 10.2 Å². The molecule has 1 saturated heterocycles. The van der Waals surface area contributed by atoms with E-state index in [9.17, 15) is 14.4 Å². The Morgan fingerprint density at radius 2 is 1.96 bits per heavy atom. The van der Waals surface area contributed by atoms with Crippen molar-refractivity contribution >= 4 is 17.8 Å². The molecular formula is C19H26N2O4. The van der Waals surface area contributed by atoms with E-state index >= 15 is 0 Å². The van der Waals surface area contributed by atoms with Gasteiger partial charge in [0.25, 0.3) is 0 Å². The van der Waals surface area contributed by atoms with Gasteiger partial charge < -0.3 is 15.0 Å². The number of hydrogen-bond acceptors (Lipinski definition) is 4. The highest BCUT2D eigenvalue weighted by Crippen LogP contribution is 2.24. The zero-order valence-electron chi connectivity index (χ0n) is 15.0. The van der Waals surface area contributed by atoms with Crippen LogP contribution < -0.4 is 5.32 Å². The first-order chi connectivity index (χ1) is 11.9. The van der Waals surface area contributed by atoms with Crippen LogP contribution in [0.5, 0.6) is 0 Å². The van der Waals surface area contributed by atoms with E-state index in [4.69, 9.17) is 4.74 Å². The minimum absolute atomic E-state index is 0.0648. The van der Waals surface area contributed by atoms with E-state index in [1.165, 1.54) is 7.11 Å². The van der Waals surface area contributed by atoms with Gasteiger partial charge in [-0.1, -0.05) is 44.2 Å². The zero-order valence-corrected chi connectivity index (χ0v) is 15.0. The molecule has 0 spiro atoms. The van der Waals surface area contributed by atoms with Crippen LogP contribution in [-0.2, 0) is 25.7 Å². The number of amides is 2. The summed E-state index contributed by atoms with van der Waals surface area (Å²) in [6, 6.07) is 8.92. The van der Waals surface area contributed by atoms with Crippen molar-refractivity contribution in [3.63, 3.8) is 0 Å². The van der Waals surface area contributed by atoms with Crippen molar-refractivity contribution in [2.24, 2.45) is 5.92 Å². The molecule has 0 saturated carbocycles. The smallest absolute Gasteiger partial charge is 0.328 e. The van der Waals surface area contributed by atoms with Crippen LogP contribution in [0.4, 0.5) is 0 Å². The largest absolute Gasteiger partial charge is 0.467 e. The molecule has 136 valence electrons. The number of ether oxygens (including phenoxy) is 1. The van der Waals surface area contributed by atoms with Gasteiger partial charge >= 0.3 is 5.97 Å². The Labute approximate surface area is 148 Å². The number of rotatable bonds is 7. The predicted octanol–water partition coefficient (Wildman–Crippen LogP) is 1.88. The third-order valence-corrected chi connectivity index (χ3v) is 4.51. The average molecular weight is 346 g/mol. The highest BCUT2D eigenvalue weighted by atomic mass is 16.5. The van der Waals surface area contributed by atoms with Crippen LogP contribution in [0.1, 0.15) is 38.7 Å². The molecule has 25 heavy (non-hydrogen) atoms. The van der Waals surface area contributed by atoms with Crippen molar-refractivity contribution in [2.75, 3.05) is 7.11 Å². The molecule has 6 nitrogen and oxygen atoms in total. The Morgan fingerprint density at radius 3 is 2.56 bits per heavy atom.